The second kappa shape index (κ2) is 2.79. The molecule has 2 N–H and O–H groups in total. The standard InChI is InChI=1S/C7H13N3O/c11-7-2-4-10(9-7)6-1-3-8-5-6/h6,8H,1-5H2,(H,9,11). The number of nitrogens with one attached hydrogen (secondary N) is 2. The molecule has 11 heavy (non-hydrogen) atoms. The normalized spacial score (nSPS) is 32.7. The lowest BCUT2D eigenvalue weighted by atomic mass is 10.2. The van der Waals surface area contributed by atoms with Crippen molar-refractivity contribution < 1.29 is 4.79 Å². The molecule has 0 aromatic carbocycles. The minimum Gasteiger partial charge on any atom is -0.315 e. The van der Waals surface area contributed by atoms with E-state index in [9.17, 15) is 4.79 Å². The maximum atomic E-state index is 10.8. The summed E-state index contributed by atoms with van der Waals surface area (Å²) < 4.78 is 0. The third-order valence-corrected chi connectivity index (χ3v) is 2.32. The zero-order valence-electron chi connectivity index (χ0n) is 6.47. The van der Waals surface area contributed by atoms with Crippen LogP contribution in [0.1, 0.15) is 12.8 Å². The number of carbonyl (C=O) groups is 1. The topological polar surface area (TPSA) is 44.4 Å². The molecule has 0 spiro atoms. The largest absolute Gasteiger partial charge is 0.315 e. The molecule has 2 fully saturated rings. The van der Waals surface area contributed by atoms with E-state index in [1.807, 2.05) is 0 Å². The highest BCUT2D eigenvalue weighted by Crippen LogP contribution is 2.09. The van der Waals surface area contributed by atoms with Crippen molar-refractivity contribution in [2.24, 2.45) is 0 Å². The average Bonchev–Trinajstić information content (AvgIpc) is 2.55. The maximum Gasteiger partial charge on any atom is 0.235 e. The Balaban J connectivity index is 1.90. The molecular formula is C7H13N3O. The Morgan fingerprint density at radius 1 is 1.55 bits per heavy atom. The molecule has 0 saturated carbocycles. The predicted molar refractivity (Wildman–Crippen MR) is 40.7 cm³/mol. The van der Waals surface area contributed by atoms with Crippen LogP contribution in [0.4, 0.5) is 0 Å². The summed E-state index contributed by atoms with van der Waals surface area (Å²) in [5.74, 6) is 0.164. The molecule has 2 heterocycles. The molecule has 0 aromatic heterocycles. The molecule has 2 saturated heterocycles. The smallest absolute Gasteiger partial charge is 0.235 e. The van der Waals surface area contributed by atoms with E-state index < -0.39 is 0 Å². The summed E-state index contributed by atoms with van der Waals surface area (Å²) in [6.07, 6.45) is 1.82. The first kappa shape index (κ1) is 7.06. The van der Waals surface area contributed by atoms with E-state index in [0.717, 1.165) is 26.1 Å². The zero-order chi connectivity index (χ0) is 7.68. The van der Waals surface area contributed by atoms with Crippen LogP contribution in [-0.4, -0.2) is 36.6 Å². The summed E-state index contributed by atoms with van der Waals surface area (Å²) in [4.78, 5) is 10.8. The highest BCUT2D eigenvalue weighted by atomic mass is 16.2. The van der Waals surface area contributed by atoms with Crippen molar-refractivity contribution in [3.63, 3.8) is 0 Å². The van der Waals surface area contributed by atoms with Gasteiger partial charge in [0, 0.05) is 25.6 Å². The number of amides is 1. The van der Waals surface area contributed by atoms with Crippen LogP contribution in [-0.2, 0) is 4.79 Å². The molecule has 4 nitrogen and oxygen atoms in total. The van der Waals surface area contributed by atoms with Crippen LogP contribution in [0.5, 0.6) is 0 Å². The molecule has 2 aliphatic heterocycles. The molecule has 62 valence electrons. The van der Waals surface area contributed by atoms with Crippen molar-refractivity contribution in [2.45, 2.75) is 18.9 Å². The Hall–Kier alpha value is -0.610. The Morgan fingerprint density at radius 3 is 3.00 bits per heavy atom. The van der Waals surface area contributed by atoms with Gasteiger partial charge in [0.1, 0.15) is 0 Å². The van der Waals surface area contributed by atoms with Gasteiger partial charge in [-0.25, -0.2) is 5.01 Å². The molecular weight excluding hydrogens is 142 g/mol. The second-order valence-corrected chi connectivity index (χ2v) is 3.12. The fourth-order valence-corrected chi connectivity index (χ4v) is 1.67. The third-order valence-electron chi connectivity index (χ3n) is 2.32. The maximum absolute atomic E-state index is 10.8. The summed E-state index contributed by atoms with van der Waals surface area (Å²) in [5, 5.41) is 5.33. The summed E-state index contributed by atoms with van der Waals surface area (Å²) in [7, 11) is 0. The van der Waals surface area contributed by atoms with Gasteiger partial charge in [-0.1, -0.05) is 0 Å². The summed E-state index contributed by atoms with van der Waals surface area (Å²) >= 11 is 0. The minimum atomic E-state index is 0.164. The Labute approximate surface area is 65.9 Å². The SMILES string of the molecule is O=C1CCN(C2CCNC2)N1. The molecule has 0 aliphatic carbocycles. The van der Waals surface area contributed by atoms with Gasteiger partial charge in [0.15, 0.2) is 0 Å². The molecule has 2 aliphatic rings. The molecule has 4 heteroatoms. The van der Waals surface area contributed by atoms with Crippen LogP contribution in [0.15, 0.2) is 0 Å². The number of nitrogens with zero attached hydrogens (tertiary/aromatic N) is 1. The quantitative estimate of drug-likeness (QED) is 0.515. The lowest BCUT2D eigenvalue weighted by Crippen LogP contribution is -2.42. The van der Waals surface area contributed by atoms with Crippen LogP contribution < -0.4 is 10.7 Å². The zero-order valence-corrected chi connectivity index (χ0v) is 6.47. The van der Waals surface area contributed by atoms with Gasteiger partial charge in [0.05, 0.1) is 0 Å². The van der Waals surface area contributed by atoms with Gasteiger partial charge in [0.25, 0.3) is 0 Å². The van der Waals surface area contributed by atoms with Crippen molar-refractivity contribution in [3.8, 4) is 0 Å². The van der Waals surface area contributed by atoms with E-state index in [4.69, 9.17) is 0 Å². The van der Waals surface area contributed by atoms with Gasteiger partial charge in [-0.3, -0.25) is 10.2 Å². The van der Waals surface area contributed by atoms with E-state index in [-0.39, 0.29) is 5.91 Å². The molecule has 2 rings (SSSR count). The summed E-state index contributed by atoms with van der Waals surface area (Å²) in [5.41, 5.74) is 2.85. The minimum absolute atomic E-state index is 0.164. The average molecular weight is 155 g/mol. The van der Waals surface area contributed by atoms with Crippen LogP contribution in [0.2, 0.25) is 0 Å². The summed E-state index contributed by atoms with van der Waals surface area (Å²) in [6.45, 7) is 2.97. The molecule has 0 bridgehead atoms. The predicted octanol–water partition coefficient (Wildman–Crippen LogP) is -0.915. The van der Waals surface area contributed by atoms with Crippen molar-refractivity contribution in [1.29, 1.82) is 0 Å². The Kier molecular flexibility index (Phi) is 1.79. The van der Waals surface area contributed by atoms with Gasteiger partial charge in [-0.2, -0.15) is 0 Å². The fourth-order valence-electron chi connectivity index (χ4n) is 1.67. The number of carbonyl (C=O) groups excluding carboxylic acids is 1. The van der Waals surface area contributed by atoms with Crippen LogP contribution >= 0.6 is 0 Å². The molecule has 1 atom stereocenters. The molecule has 0 radical (unpaired) electrons. The monoisotopic (exact) mass is 155 g/mol. The fraction of sp³-hybridized carbons (Fsp3) is 0.857. The van der Waals surface area contributed by atoms with Gasteiger partial charge in [-0.05, 0) is 13.0 Å². The molecule has 1 amide bonds. The molecule has 1 unspecified atom stereocenters. The third kappa shape index (κ3) is 1.36. The van der Waals surface area contributed by atoms with E-state index in [1.165, 1.54) is 0 Å². The van der Waals surface area contributed by atoms with E-state index in [2.05, 4.69) is 15.8 Å². The van der Waals surface area contributed by atoms with E-state index in [0.29, 0.717) is 12.5 Å². The highest BCUT2D eigenvalue weighted by molar-refractivity contribution is 5.77. The van der Waals surface area contributed by atoms with Crippen LogP contribution in [0.25, 0.3) is 0 Å². The van der Waals surface area contributed by atoms with E-state index in [1.54, 1.807) is 0 Å². The van der Waals surface area contributed by atoms with Crippen molar-refractivity contribution in [1.82, 2.24) is 15.8 Å². The first-order valence-corrected chi connectivity index (χ1v) is 4.13. The Bertz CT molecular complexity index is 165. The Morgan fingerprint density at radius 2 is 2.45 bits per heavy atom. The number of rotatable bonds is 1. The van der Waals surface area contributed by atoms with Crippen LogP contribution in [0.3, 0.4) is 0 Å². The number of hydrogen-bond acceptors (Lipinski definition) is 3. The first-order valence-electron chi connectivity index (χ1n) is 4.13. The number of hydrogen-bond donors (Lipinski definition) is 2. The van der Waals surface area contributed by atoms with Crippen LogP contribution in [0, 0.1) is 0 Å². The summed E-state index contributed by atoms with van der Waals surface area (Å²) in [6, 6.07) is 0.529. The van der Waals surface area contributed by atoms with Crippen molar-refractivity contribution in [3.05, 3.63) is 0 Å². The second-order valence-electron chi connectivity index (χ2n) is 3.12. The van der Waals surface area contributed by atoms with Gasteiger partial charge < -0.3 is 5.32 Å². The van der Waals surface area contributed by atoms with Crippen molar-refractivity contribution in [2.75, 3.05) is 19.6 Å². The lowest BCUT2D eigenvalue weighted by molar-refractivity contribution is -0.121. The lowest BCUT2D eigenvalue weighted by Gasteiger charge is -2.21. The van der Waals surface area contributed by atoms with Gasteiger partial charge in [-0.15, -0.1) is 0 Å². The van der Waals surface area contributed by atoms with Gasteiger partial charge >= 0.3 is 0 Å². The molecule has 0 aromatic rings. The highest BCUT2D eigenvalue weighted by Gasteiger charge is 2.27. The first-order chi connectivity index (χ1) is 5.36. The van der Waals surface area contributed by atoms with Crippen molar-refractivity contribution >= 4 is 5.91 Å². The van der Waals surface area contributed by atoms with E-state index >= 15 is 0 Å². The number of hydrazine groups is 1. The van der Waals surface area contributed by atoms with Gasteiger partial charge in [0.2, 0.25) is 5.91 Å².